The van der Waals surface area contributed by atoms with Crippen molar-refractivity contribution in [3.63, 3.8) is 0 Å². The molecule has 0 aromatic rings. The number of hydrogen-bond acceptors (Lipinski definition) is 2. The van der Waals surface area contributed by atoms with Crippen LogP contribution in [0.5, 0.6) is 0 Å². The molecule has 0 aromatic carbocycles. The summed E-state index contributed by atoms with van der Waals surface area (Å²) in [6.07, 6.45) is 2.06. The molecule has 4 heteroatoms. The first-order chi connectivity index (χ1) is 8.26. The van der Waals surface area contributed by atoms with Crippen LogP contribution < -0.4 is 0 Å². The summed E-state index contributed by atoms with van der Waals surface area (Å²) in [5, 5.41) is 9.23. The monoisotopic (exact) mass is 253 g/mol. The largest absolute Gasteiger partial charge is 0.481 e. The standard InChI is InChI=1S/C14H23NO3/c1-10(2)8-11(3)12(16)15-7-5-6-14(4,9-15)13(17)18/h11H,1,5-9H2,2-4H3,(H,17,18). The van der Waals surface area contributed by atoms with Gasteiger partial charge in [0.25, 0.3) is 0 Å². The van der Waals surface area contributed by atoms with E-state index in [0.717, 1.165) is 12.0 Å². The maximum atomic E-state index is 12.2. The molecule has 102 valence electrons. The second kappa shape index (κ2) is 5.55. The van der Waals surface area contributed by atoms with Crippen molar-refractivity contribution in [3.8, 4) is 0 Å². The van der Waals surface area contributed by atoms with E-state index in [4.69, 9.17) is 0 Å². The Bertz CT molecular complexity index is 364. The minimum Gasteiger partial charge on any atom is -0.481 e. The minimum atomic E-state index is -0.812. The van der Waals surface area contributed by atoms with Crippen molar-refractivity contribution in [2.75, 3.05) is 13.1 Å². The number of nitrogens with zero attached hydrogens (tertiary/aromatic N) is 1. The van der Waals surface area contributed by atoms with E-state index in [1.165, 1.54) is 0 Å². The van der Waals surface area contributed by atoms with Crippen molar-refractivity contribution in [3.05, 3.63) is 12.2 Å². The third-order valence-electron chi connectivity index (χ3n) is 3.60. The number of carboxylic acid groups (broad SMARTS) is 1. The Morgan fingerprint density at radius 1 is 1.50 bits per heavy atom. The van der Waals surface area contributed by atoms with E-state index in [0.29, 0.717) is 25.9 Å². The van der Waals surface area contributed by atoms with Crippen LogP contribution in [-0.2, 0) is 9.59 Å². The van der Waals surface area contributed by atoms with Crippen molar-refractivity contribution in [2.24, 2.45) is 11.3 Å². The molecule has 1 aliphatic heterocycles. The van der Waals surface area contributed by atoms with Gasteiger partial charge < -0.3 is 10.0 Å². The van der Waals surface area contributed by atoms with Crippen molar-refractivity contribution in [2.45, 2.75) is 40.0 Å². The average Bonchev–Trinajstić information content (AvgIpc) is 2.27. The summed E-state index contributed by atoms with van der Waals surface area (Å²) in [4.78, 5) is 25.2. The Balaban J connectivity index is 2.69. The number of hydrogen-bond donors (Lipinski definition) is 1. The fourth-order valence-electron chi connectivity index (χ4n) is 2.52. The predicted molar refractivity (Wildman–Crippen MR) is 70.2 cm³/mol. The highest BCUT2D eigenvalue weighted by atomic mass is 16.4. The number of piperidine rings is 1. The zero-order chi connectivity index (χ0) is 13.9. The summed E-state index contributed by atoms with van der Waals surface area (Å²) in [6, 6.07) is 0. The second-order valence-electron chi connectivity index (χ2n) is 5.79. The summed E-state index contributed by atoms with van der Waals surface area (Å²) in [6.45, 7) is 10.3. The number of allylic oxidation sites excluding steroid dienone is 1. The highest BCUT2D eigenvalue weighted by Crippen LogP contribution is 2.30. The van der Waals surface area contributed by atoms with Crippen molar-refractivity contribution in [1.82, 2.24) is 4.90 Å². The van der Waals surface area contributed by atoms with Gasteiger partial charge in [0.15, 0.2) is 0 Å². The van der Waals surface area contributed by atoms with Gasteiger partial charge >= 0.3 is 5.97 Å². The van der Waals surface area contributed by atoms with Crippen LogP contribution in [0.1, 0.15) is 40.0 Å². The lowest BCUT2D eigenvalue weighted by molar-refractivity contribution is -0.154. The number of aliphatic carboxylic acids is 1. The lowest BCUT2D eigenvalue weighted by Gasteiger charge is -2.38. The zero-order valence-corrected chi connectivity index (χ0v) is 11.5. The van der Waals surface area contributed by atoms with Gasteiger partial charge in [-0.25, -0.2) is 0 Å². The number of rotatable bonds is 4. The molecule has 0 radical (unpaired) electrons. The Labute approximate surface area is 109 Å². The molecule has 1 N–H and O–H groups in total. The molecule has 18 heavy (non-hydrogen) atoms. The van der Waals surface area contributed by atoms with Crippen LogP contribution >= 0.6 is 0 Å². The van der Waals surface area contributed by atoms with Gasteiger partial charge in [0.05, 0.1) is 5.41 Å². The lowest BCUT2D eigenvalue weighted by Crippen LogP contribution is -2.49. The van der Waals surface area contributed by atoms with Crippen LogP contribution in [0.3, 0.4) is 0 Å². The smallest absolute Gasteiger partial charge is 0.311 e. The molecule has 2 atom stereocenters. The molecule has 0 saturated carbocycles. The Morgan fingerprint density at radius 2 is 2.11 bits per heavy atom. The highest BCUT2D eigenvalue weighted by Gasteiger charge is 2.39. The third kappa shape index (κ3) is 3.34. The number of amides is 1. The molecule has 0 aromatic heterocycles. The average molecular weight is 253 g/mol. The number of carbonyl (C=O) groups is 2. The molecule has 4 nitrogen and oxygen atoms in total. The molecule has 2 unspecified atom stereocenters. The fourth-order valence-corrected chi connectivity index (χ4v) is 2.52. The van der Waals surface area contributed by atoms with Gasteiger partial charge in [-0.1, -0.05) is 12.5 Å². The number of likely N-dealkylation sites (tertiary alicyclic amines) is 1. The van der Waals surface area contributed by atoms with E-state index in [1.807, 2.05) is 13.8 Å². The molecule has 1 heterocycles. The first kappa shape index (κ1) is 14.7. The van der Waals surface area contributed by atoms with Crippen LogP contribution in [0.15, 0.2) is 12.2 Å². The highest BCUT2D eigenvalue weighted by molar-refractivity contribution is 5.81. The molecule has 0 bridgehead atoms. The molecular formula is C14H23NO3. The van der Waals surface area contributed by atoms with Crippen LogP contribution in [0.2, 0.25) is 0 Å². The van der Waals surface area contributed by atoms with E-state index >= 15 is 0 Å². The summed E-state index contributed by atoms with van der Waals surface area (Å²) in [7, 11) is 0. The molecule has 1 rings (SSSR count). The van der Waals surface area contributed by atoms with Crippen molar-refractivity contribution >= 4 is 11.9 Å². The van der Waals surface area contributed by atoms with E-state index in [2.05, 4.69) is 6.58 Å². The fraction of sp³-hybridized carbons (Fsp3) is 0.714. The van der Waals surface area contributed by atoms with Gasteiger partial charge in [-0.3, -0.25) is 9.59 Å². The summed E-state index contributed by atoms with van der Waals surface area (Å²) >= 11 is 0. The SMILES string of the molecule is C=C(C)CC(C)C(=O)N1CCCC(C)(C(=O)O)C1. The maximum Gasteiger partial charge on any atom is 0.311 e. The van der Waals surface area contributed by atoms with E-state index < -0.39 is 11.4 Å². The van der Waals surface area contributed by atoms with Gasteiger partial charge in [-0.15, -0.1) is 6.58 Å². The van der Waals surface area contributed by atoms with Crippen LogP contribution in [0, 0.1) is 11.3 Å². The summed E-state index contributed by atoms with van der Waals surface area (Å²) in [5.74, 6) is -0.878. The molecule has 1 aliphatic rings. The maximum absolute atomic E-state index is 12.2. The first-order valence-electron chi connectivity index (χ1n) is 6.43. The lowest BCUT2D eigenvalue weighted by atomic mass is 9.81. The van der Waals surface area contributed by atoms with E-state index in [-0.39, 0.29) is 11.8 Å². The molecule has 1 saturated heterocycles. The molecule has 1 amide bonds. The molecular weight excluding hydrogens is 230 g/mol. The summed E-state index contributed by atoms with van der Waals surface area (Å²) in [5.41, 5.74) is 0.186. The molecule has 0 spiro atoms. The van der Waals surface area contributed by atoms with Gasteiger partial charge in [-0.2, -0.15) is 0 Å². The minimum absolute atomic E-state index is 0.0465. The van der Waals surface area contributed by atoms with Gasteiger partial charge in [0.2, 0.25) is 5.91 Å². The van der Waals surface area contributed by atoms with Crippen LogP contribution in [0.4, 0.5) is 0 Å². The van der Waals surface area contributed by atoms with E-state index in [1.54, 1.807) is 11.8 Å². The van der Waals surface area contributed by atoms with Crippen LogP contribution in [0.25, 0.3) is 0 Å². The van der Waals surface area contributed by atoms with Gasteiger partial charge in [0, 0.05) is 19.0 Å². The Morgan fingerprint density at radius 3 is 2.61 bits per heavy atom. The quantitative estimate of drug-likeness (QED) is 0.782. The number of carbonyl (C=O) groups excluding carboxylic acids is 1. The van der Waals surface area contributed by atoms with Gasteiger partial charge in [-0.05, 0) is 33.1 Å². The van der Waals surface area contributed by atoms with E-state index in [9.17, 15) is 14.7 Å². The van der Waals surface area contributed by atoms with Crippen molar-refractivity contribution < 1.29 is 14.7 Å². The summed E-state index contributed by atoms with van der Waals surface area (Å²) < 4.78 is 0. The topological polar surface area (TPSA) is 57.6 Å². The second-order valence-corrected chi connectivity index (χ2v) is 5.79. The number of carboxylic acids is 1. The first-order valence-corrected chi connectivity index (χ1v) is 6.43. The normalized spacial score (nSPS) is 25.6. The predicted octanol–water partition coefficient (Wildman–Crippen LogP) is 2.30. The van der Waals surface area contributed by atoms with Gasteiger partial charge in [0.1, 0.15) is 0 Å². The molecule has 1 fully saturated rings. The Kier molecular flexibility index (Phi) is 4.54. The Hall–Kier alpha value is -1.32. The van der Waals surface area contributed by atoms with Crippen LogP contribution in [-0.4, -0.2) is 35.0 Å². The third-order valence-corrected chi connectivity index (χ3v) is 3.60. The zero-order valence-electron chi connectivity index (χ0n) is 11.5. The molecule has 0 aliphatic carbocycles. The van der Waals surface area contributed by atoms with Crippen molar-refractivity contribution in [1.29, 1.82) is 0 Å².